The molecule has 1 heterocycles. The largest absolute Gasteiger partial charge is 0.378 e. The Balaban J connectivity index is 1.42. The summed E-state index contributed by atoms with van der Waals surface area (Å²) >= 11 is 0. The van der Waals surface area contributed by atoms with Gasteiger partial charge in [-0.1, -0.05) is 30.3 Å². The van der Waals surface area contributed by atoms with Gasteiger partial charge in [-0.05, 0) is 36.8 Å². The fourth-order valence-electron chi connectivity index (χ4n) is 3.50. The number of nitrogens with two attached hydrogens (primary N) is 1. The highest BCUT2D eigenvalue weighted by Crippen LogP contribution is 2.20. The van der Waals surface area contributed by atoms with Crippen molar-refractivity contribution >= 4 is 29.0 Å². The van der Waals surface area contributed by atoms with Gasteiger partial charge in [-0.25, -0.2) is 4.98 Å². The fraction of sp³-hybridized carbons (Fsp3) is 0.393. The summed E-state index contributed by atoms with van der Waals surface area (Å²) in [6.07, 6.45) is 0.331. The number of rotatable bonds is 17. The Hall–Kier alpha value is -3.57. The lowest BCUT2D eigenvalue weighted by Gasteiger charge is -2.19. The summed E-state index contributed by atoms with van der Waals surface area (Å²) in [6, 6.07) is 19.1. The van der Waals surface area contributed by atoms with E-state index in [0.717, 1.165) is 28.5 Å². The van der Waals surface area contributed by atoms with Crippen molar-refractivity contribution in [3.8, 4) is 0 Å². The second-order valence-corrected chi connectivity index (χ2v) is 8.65. The molecule has 1 aromatic heterocycles. The Morgan fingerprint density at radius 3 is 2.18 bits per heavy atom. The van der Waals surface area contributed by atoms with Gasteiger partial charge in [-0.3, -0.25) is 4.79 Å². The SMILES string of the molecule is Cc1cc(N(C)CCOCCOCCOCCN)nc(Nc2ccc(NC(=O)Cc3ccccc3)cc2)n1. The molecule has 0 saturated carbocycles. The highest BCUT2D eigenvalue weighted by Gasteiger charge is 2.08. The van der Waals surface area contributed by atoms with Crippen LogP contribution in [-0.2, 0) is 25.4 Å². The highest BCUT2D eigenvalue weighted by molar-refractivity contribution is 5.92. The Labute approximate surface area is 224 Å². The number of aromatic nitrogens is 2. The molecular formula is C28H38N6O4. The molecule has 1 amide bonds. The minimum atomic E-state index is -0.0592. The number of nitrogens with zero attached hydrogens (tertiary/aromatic N) is 3. The first-order valence-corrected chi connectivity index (χ1v) is 12.7. The molecule has 204 valence electrons. The summed E-state index contributed by atoms with van der Waals surface area (Å²) in [5.74, 6) is 1.23. The summed E-state index contributed by atoms with van der Waals surface area (Å²) in [7, 11) is 1.97. The van der Waals surface area contributed by atoms with Crippen LogP contribution in [0, 0.1) is 6.92 Å². The molecule has 0 bridgehead atoms. The Morgan fingerprint density at radius 2 is 1.50 bits per heavy atom. The molecule has 3 aromatic rings. The van der Waals surface area contributed by atoms with E-state index in [0.29, 0.717) is 65.1 Å². The van der Waals surface area contributed by atoms with Crippen LogP contribution in [0.25, 0.3) is 0 Å². The lowest BCUT2D eigenvalue weighted by atomic mass is 10.1. The molecule has 0 saturated heterocycles. The van der Waals surface area contributed by atoms with Crippen molar-refractivity contribution in [3.05, 3.63) is 71.9 Å². The van der Waals surface area contributed by atoms with Crippen molar-refractivity contribution in [1.29, 1.82) is 0 Å². The van der Waals surface area contributed by atoms with Crippen molar-refractivity contribution in [2.24, 2.45) is 5.73 Å². The summed E-state index contributed by atoms with van der Waals surface area (Å²) in [4.78, 5) is 23.5. The van der Waals surface area contributed by atoms with Crippen LogP contribution in [0.1, 0.15) is 11.3 Å². The zero-order chi connectivity index (χ0) is 27.0. The molecule has 3 rings (SSSR count). The summed E-state index contributed by atoms with van der Waals surface area (Å²) in [6.45, 7) is 6.33. The number of carbonyl (C=O) groups is 1. The second kappa shape index (κ2) is 16.3. The van der Waals surface area contributed by atoms with Crippen LogP contribution in [0.3, 0.4) is 0 Å². The molecule has 10 nitrogen and oxygen atoms in total. The van der Waals surface area contributed by atoms with E-state index < -0.39 is 0 Å². The molecule has 0 atom stereocenters. The number of hydrogen-bond donors (Lipinski definition) is 3. The Kier molecular flexibility index (Phi) is 12.4. The minimum Gasteiger partial charge on any atom is -0.378 e. The minimum absolute atomic E-state index is 0.0592. The predicted octanol–water partition coefficient (Wildman–Crippen LogP) is 3.15. The van der Waals surface area contributed by atoms with Gasteiger partial charge in [0.15, 0.2) is 0 Å². The van der Waals surface area contributed by atoms with Gasteiger partial charge in [0.25, 0.3) is 0 Å². The van der Waals surface area contributed by atoms with Gasteiger partial charge >= 0.3 is 0 Å². The number of likely N-dealkylation sites (N-methyl/N-ethyl adjacent to an activating group) is 1. The standard InChI is InChI=1S/C28H38N6O4/c1-22-20-26(34(2)13-15-37-17-19-38-18-16-36-14-12-29)33-28(30-22)32-25-10-8-24(9-11-25)31-27(35)21-23-6-4-3-5-7-23/h3-11,20H,12-19,21,29H2,1-2H3,(H,31,35)(H,30,32,33). The lowest BCUT2D eigenvalue weighted by molar-refractivity contribution is -0.115. The maximum absolute atomic E-state index is 12.3. The first kappa shape index (κ1) is 29.0. The van der Waals surface area contributed by atoms with E-state index in [2.05, 4.69) is 20.6 Å². The third kappa shape index (κ3) is 10.8. The van der Waals surface area contributed by atoms with Crippen LogP contribution in [0.2, 0.25) is 0 Å². The van der Waals surface area contributed by atoms with E-state index in [1.165, 1.54) is 0 Å². The van der Waals surface area contributed by atoms with Gasteiger partial charge in [-0.2, -0.15) is 4.98 Å². The monoisotopic (exact) mass is 522 g/mol. The number of hydrogen-bond acceptors (Lipinski definition) is 9. The van der Waals surface area contributed by atoms with Crippen molar-refractivity contribution in [3.63, 3.8) is 0 Å². The van der Waals surface area contributed by atoms with Crippen LogP contribution in [0.15, 0.2) is 60.7 Å². The normalized spacial score (nSPS) is 10.8. The first-order chi connectivity index (χ1) is 18.5. The summed E-state index contributed by atoms with van der Waals surface area (Å²) < 4.78 is 16.4. The third-order valence-corrected chi connectivity index (χ3v) is 5.44. The van der Waals surface area contributed by atoms with Crippen LogP contribution >= 0.6 is 0 Å². The molecular weight excluding hydrogens is 484 g/mol. The molecule has 0 spiro atoms. The van der Waals surface area contributed by atoms with Crippen LogP contribution in [0.5, 0.6) is 0 Å². The Bertz CT molecular complexity index is 1100. The molecule has 4 N–H and O–H groups in total. The maximum atomic E-state index is 12.3. The zero-order valence-electron chi connectivity index (χ0n) is 22.2. The Morgan fingerprint density at radius 1 is 0.868 bits per heavy atom. The van der Waals surface area contributed by atoms with E-state index in [4.69, 9.17) is 19.9 Å². The lowest BCUT2D eigenvalue weighted by Crippen LogP contribution is -2.24. The van der Waals surface area contributed by atoms with E-state index in [-0.39, 0.29) is 5.91 Å². The summed E-state index contributed by atoms with van der Waals surface area (Å²) in [5, 5.41) is 6.17. The predicted molar refractivity (Wildman–Crippen MR) is 150 cm³/mol. The number of nitrogens with one attached hydrogen (secondary N) is 2. The van der Waals surface area contributed by atoms with E-state index in [9.17, 15) is 4.79 Å². The van der Waals surface area contributed by atoms with Crippen molar-refractivity contribution in [2.75, 3.05) is 75.3 Å². The molecule has 38 heavy (non-hydrogen) atoms. The number of anilines is 4. The molecule has 2 aromatic carbocycles. The third-order valence-electron chi connectivity index (χ3n) is 5.44. The molecule has 10 heteroatoms. The van der Waals surface area contributed by atoms with Gasteiger partial charge in [0.1, 0.15) is 5.82 Å². The zero-order valence-corrected chi connectivity index (χ0v) is 22.2. The molecule has 0 radical (unpaired) electrons. The number of benzene rings is 2. The molecule has 0 fully saturated rings. The average molecular weight is 523 g/mol. The van der Waals surface area contributed by atoms with Crippen molar-refractivity contribution in [1.82, 2.24) is 9.97 Å². The van der Waals surface area contributed by atoms with E-state index in [1.807, 2.05) is 79.5 Å². The van der Waals surface area contributed by atoms with E-state index >= 15 is 0 Å². The van der Waals surface area contributed by atoms with Gasteiger partial charge in [0.05, 0.1) is 46.1 Å². The van der Waals surface area contributed by atoms with Crippen molar-refractivity contribution in [2.45, 2.75) is 13.3 Å². The number of ether oxygens (including phenoxy) is 3. The van der Waals surface area contributed by atoms with Gasteiger partial charge in [-0.15, -0.1) is 0 Å². The second-order valence-electron chi connectivity index (χ2n) is 8.65. The maximum Gasteiger partial charge on any atom is 0.229 e. The van der Waals surface area contributed by atoms with Gasteiger partial charge < -0.3 is 35.5 Å². The number of aryl methyl sites for hydroxylation is 1. The van der Waals surface area contributed by atoms with Crippen LogP contribution in [-0.4, -0.2) is 75.7 Å². The average Bonchev–Trinajstić information content (AvgIpc) is 2.91. The van der Waals surface area contributed by atoms with Gasteiger partial charge in [0, 0.05) is 43.3 Å². The molecule has 0 aliphatic rings. The molecule has 0 unspecified atom stereocenters. The summed E-state index contributed by atoms with van der Waals surface area (Å²) in [5.41, 5.74) is 8.74. The van der Waals surface area contributed by atoms with E-state index in [1.54, 1.807) is 0 Å². The molecule has 0 aliphatic carbocycles. The highest BCUT2D eigenvalue weighted by atomic mass is 16.5. The quantitative estimate of drug-likeness (QED) is 0.229. The number of carbonyl (C=O) groups excluding carboxylic acids is 1. The van der Waals surface area contributed by atoms with Crippen LogP contribution in [0.4, 0.5) is 23.1 Å². The topological polar surface area (TPSA) is 124 Å². The smallest absolute Gasteiger partial charge is 0.229 e. The molecule has 0 aliphatic heterocycles. The van der Waals surface area contributed by atoms with Crippen LogP contribution < -0.4 is 21.3 Å². The first-order valence-electron chi connectivity index (χ1n) is 12.7. The fourth-order valence-corrected chi connectivity index (χ4v) is 3.50. The van der Waals surface area contributed by atoms with Gasteiger partial charge in [0.2, 0.25) is 11.9 Å². The van der Waals surface area contributed by atoms with Crippen molar-refractivity contribution < 1.29 is 19.0 Å². The number of amides is 1.